The van der Waals surface area contributed by atoms with E-state index in [1.54, 1.807) is 27.7 Å². The minimum absolute atomic E-state index is 0.163. The Morgan fingerprint density at radius 3 is 2.68 bits per heavy atom. The molecule has 1 saturated heterocycles. The molecule has 9 nitrogen and oxygen atoms in total. The van der Waals surface area contributed by atoms with E-state index in [0.29, 0.717) is 30.4 Å². The maximum absolute atomic E-state index is 12.7. The number of hydrogen-bond donors (Lipinski definition) is 1. The number of pyridine rings is 1. The van der Waals surface area contributed by atoms with E-state index < -0.39 is 11.9 Å². The van der Waals surface area contributed by atoms with Crippen molar-refractivity contribution in [2.45, 2.75) is 25.6 Å². The number of likely N-dealkylation sites (tertiary alicyclic amines) is 1. The van der Waals surface area contributed by atoms with Gasteiger partial charge in [-0.15, -0.1) is 0 Å². The summed E-state index contributed by atoms with van der Waals surface area (Å²) in [4.78, 5) is 9.56. The number of aromatic nitrogens is 6. The SMILES string of the molecule is CCN1CC[C@@H]1COc1cnn(C)c1-c1ccn2nc(Nc3cnc(C(F)(F)F)cn3)cc2c1. The smallest absolute Gasteiger partial charge is 0.434 e. The van der Waals surface area contributed by atoms with Gasteiger partial charge >= 0.3 is 6.18 Å². The van der Waals surface area contributed by atoms with Crippen LogP contribution >= 0.6 is 0 Å². The summed E-state index contributed by atoms with van der Waals surface area (Å²) in [6.07, 6.45) is 1.83. The summed E-state index contributed by atoms with van der Waals surface area (Å²) in [5, 5.41) is 11.7. The first-order valence-electron chi connectivity index (χ1n) is 10.9. The predicted octanol–water partition coefficient (Wildman–Crippen LogP) is 3.76. The number of likely N-dealkylation sites (N-methyl/N-ethyl adjacent to an activating group) is 1. The molecule has 178 valence electrons. The third-order valence-corrected chi connectivity index (χ3v) is 5.94. The molecule has 0 saturated carbocycles. The molecule has 0 bridgehead atoms. The molecule has 1 aliphatic heterocycles. The van der Waals surface area contributed by atoms with Crippen LogP contribution in [0.5, 0.6) is 5.75 Å². The zero-order valence-electron chi connectivity index (χ0n) is 18.6. The summed E-state index contributed by atoms with van der Waals surface area (Å²) < 4.78 is 47.6. The van der Waals surface area contributed by atoms with Gasteiger partial charge in [-0.1, -0.05) is 6.92 Å². The van der Waals surface area contributed by atoms with Crippen LogP contribution in [0.25, 0.3) is 16.8 Å². The molecule has 0 spiro atoms. The molecule has 1 N–H and O–H groups in total. The number of hydrogen-bond acceptors (Lipinski definition) is 7. The van der Waals surface area contributed by atoms with Gasteiger partial charge in [-0.05, 0) is 25.1 Å². The fourth-order valence-electron chi connectivity index (χ4n) is 4.01. The number of halogens is 3. The summed E-state index contributed by atoms with van der Waals surface area (Å²) >= 11 is 0. The second-order valence-electron chi connectivity index (χ2n) is 8.09. The normalized spacial score (nSPS) is 16.6. The van der Waals surface area contributed by atoms with Crippen LogP contribution in [0, 0.1) is 0 Å². The molecule has 0 radical (unpaired) electrons. The van der Waals surface area contributed by atoms with Gasteiger partial charge in [-0.2, -0.15) is 23.4 Å². The Hall–Kier alpha value is -3.67. The fraction of sp³-hybridized carbons (Fsp3) is 0.364. The number of fused-ring (bicyclic) bond motifs is 1. The van der Waals surface area contributed by atoms with Crippen LogP contribution in [-0.2, 0) is 13.2 Å². The topological polar surface area (TPSA) is 85.4 Å². The number of anilines is 2. The lowest BCUT2D eigenvalue weighted by atomic mass is 10.0. The fourth-order valence-corrected chi connectivity index (χ4v) is 4.01. The third-order valence-electron chi connectivity index (χ3n) is 5.94. The van der Waals surface area contributed by atoms with E-state index in [-0.39, 0.29) is 5.82 Å². The number of ether oxygens (including phenoxy) is 1. The summed E-state index contributed by atoms with van der Waals surface area (Å²) in [5.74, 6) is 1.31. The van der Waals surface area contributed by atoms with Crippen molar-refractivity contribution in [2.75, 3.05) is 25.0 Å². The van der Waals surface area contributed by atoms with Gasteiger partial charge in [0.25, 0.3) is 0 Å². The third kappa shape index (κ3) is 4.28. The number of rotatable bonds is 7. The zero-order chi connectivity index (χ0) is 23.9. The largest absolute Gasteiger partial charge is 0.488 e. The van der Waals surface area contributed by atoms with E-state index in [2.05, 4.69) is 37.3 Å². The summed E-state index contributed by atoms with van der Waals surface area (Å²) in [6, 6.07) is 6.06. The lowest BCUT2D eigenvalue weighted by Crippen LogP contribution is -2.50. The van der Waals surface area contributed by atoms with Gasteiger partial charge in [-0.3, -0.25) is 9.58 Å². The zero-order valence-corrected chi connectivity index (χ0v) is 18.6. The average molecular weight is 472 g/mol. The molecule has 0 aliphatic carbocycles. The van der Waals surface area contributed by atoms with Gasteiger partial charge in [0.2, 0.25) is 0 Å². The molecule has 12 heteroatoms. The van der Waals surface area contributed by atoms with Crippen molar-refractivity contribution in [3.8, 4) is 17.0 Å². The van der Waals surface area contributed by atoms with Gasteiger partial charge in [0, 0.05) is 37.5 Å². The van der Waals surface area contributed by atoms with Crippen LogP contribution < -0.4 is 10.1 Å². The molecule has 0 unspecified atom stereocenters. The molecule has 1 aliphatic rings. The summed E-state index contributed by atoms with van der Waals surface area (Å²) in [7, 11) is 1.86. The van der Waals surface area contributed by atoms with Gasteiger partial charge in [0.1, 0.15) is 18.1 Å². The molecule has 0 amide bonds. The second kappa shape index (κ2) is 8.60. The minimum atomic E-state index is -4.54. The molecule has 1 fully saturated rings. The Morgan fingerprint density at radius 2 is 2.00 bits per heavy atom. The van der Waals surface area contributed by atoms with Gasteiger partial charge in [-0.25, -0.2) is 14.5 Å². The Morgan fingerprint density at radius 1 is 1.15 bits per heavy atom. The molecule has 0 aromatic carbocycles. The summed E-state index contributed by atoms with van der Waals surface area (Å²) in [5.41, 5.74) is 1.49. The number of aryl methyl sites for hydroxylation is 1. The molecule has 5 heterocycles. The molecule has 4 aromatic heterocycles. The number of alkyl halides is 3. The first kappa shape index (κ1) is 22.1. The van der Waals surface area contributed by atoms with Gasteiger partial charge < -0.3 is 10.1 Å². The minimum Gasteiger partial charge on any atom is -0.488 e. The Kier molecular flexibility index (Phi) is 5.60. The van der Waals surface area contributed by atoms with Crippen LogP contribution in [-0.4, -0.2) is 60.0 Å². The van der Waals surface area contributed by atoms with Crippen LogP contribution in [0.3, 0.4) is 0 Å². The molecule has 1 atom stereocenters. The lowest BCUT2D eigenvalue weighted by molar-refractivity contribution is -0.141. The van der Waals surface area contributed by atoms with E-state index in [1.165, 1.54) is 0 Å². The molecule has 34 heavy (non-hydrogen) atoms. The number of nitrogens with zero attached hydrogens (tertiary/aromatic N) is 7. The van der Waals surface area contributed by atoms with E-state index in [0.717, 1.165) is 42.5 Å². The second-order valence-corrected chi connectivity index (χ2v) is 8.09. The first-order chi connectivity index (χ1) is 16.3. The van der Waals surface area contributed by atoms with E-state index in [1.807, 2.05) is 19.2 Å². The van der Waals surface area contributed by atoms with Crippen LogP contribution in [0.15, 0.2) is 43.0 Å². The van der Waals surface area contributed by atoms with Crippen molar-refractivity contribution in [1.29, 1.82) is 0 Å². The Balaban J connectivity index is 1.35. The quantitative estimate of drug-likeness (QED) is 0.438. The predicted molar refractivity (Wildman–Crippen MR) is 119 cm³/mol. The van der Waals surface area contributed by atoms with Crippen molar-refractivity contribution >= 4 is 17.2 Å². The highest BCUT2D eigenvalue weighted by Crippen LogP contribution is 2.32. The summed E-state index contributed by atoms with van der Waals surface area (Å²) in [6.45, 7) is 4.89. The highest BCUT2D eigenvalue weighted by atomic mass is 19.4. The van der Waals surface area contributed by atoms with Gasteiger partial charge in [0.15, 0.2) is 17.3 Å². The molecule has 4 aromatic rings. The van der Waals surface area contributed by atoms with Crippen molar-refractivity contribution in [3.05, 3.63) is 48.7 Å². The average Bonchev–Trinajstić information content (AvgIpc) is 3.35. The monoisotopic (exact) mass is 472 g/mol. The van der Waals surface area contributed by atoms with E-state index in [4.69, 9.17) is 4.74 Å². The number of nitrogens with one attached hydrogen (secondary N) is 1. The van der Waals surface area contributed by atoms with Crippen LogP contribution in [0.2, 0.25) is 0 Å². The lowest BCUT2D eigenvalue weighted by Gasteiger charge is -2.39. The van der Waals surface area contributed by atoms with Crippen molar-refractivity contribution in [2.24, 2.45) is 7.05 Å². The Labute approximate surface area is 193 Å². The maximum atomic E-state index is 12.7. The van der Waals surface area contributed by atoms with Crippen molar-refractivity contribution < 1.29 is 17.9 Å². The van der Waals surface area contributed by atoms with Crippen LogP contribution in [0.1, 0.15) is 19.0 Å². The Bertz CT molecular complexity index is 1300. The first-order valence-corrected chi connectivity index (χ1v) is 10.9. The maximum Gasteiger partial charge on any atom is 0.434 e. The molecule has 5 rings (SSSR count). The highest BCUT2D eigenvalue weighted by Gasteiger charge is 2.32. The van der Waals surface area contributed by atoms with E-state index >= 15 is 0 Å². The van der Waals surface area contributed by atoms with Crippen molar-refractivity contribution in [3.63, 3.8) is 0 Å². The van der Waals surface area contributed by atoms with E-state index in [9.17, 15) is 13.2 Å². The highest BCUT2D eigenvalue weighted by molar-refractivity contribution is 5.72. The molecular weight excluding hydrogens is 449 g/mol. The van der Waals surface area contributed by atoms with Crippen LogP contribution in [0.4, 0.5) is 24.8 Å². The standard InChI is InChI=1S/C22H23F3N8O/c1-3-32-6-5-15(32)13-34-17-10-28-31(2)21(17)14-4-7-33-16(8-14)9-19(30-33)29-20-12-26-18(11-27-20)22(23,24)25/h4,7-12,15H,3,5-6,13H2,1-2H3,(H,27,29,30)/t15-/m1/s1. The van der Waals surface area contributed by atoms with Gasteiger partial charge in [0.05, 0.1) is 24.1 Å². The van der Waals surface area contributed by atoms with Crippen molar-refractivity contribution in [1.82, 2.24) is 34.3 Å². The molecular formula is C22H23F3N8O.